The summed E-state index contributed by atoms with van der Waals surface area (Å²) in [5.74, 6) is -0.455. The highest BCUT2D eigenvalue weighted by Gasteiger charge is 2.33. The van der Waals surface area contributed by atoms with Crippen molar-refractivity contribution < 1.29 is 14.5 Å². The van der Waals surface area contributed by atoms with Crippen molar-refractivity contribution in [2.75, 3.05) is 13.7 Å². The largest absolute Gasteiger partial charge is 0.376 e. The highest BCUT2D eigenvalue weighted by Crippen LogP contribution is 2.25. The van der Waals surface area contributed by atoms with Crippen molar-refractivity contribution in [3.63, 3.8) is 0 Å². The molecule has 0 N–H and O–H groups in total. The van der Waals surface area contributed by atoms with E-state index >= 15 is 0 Å². The molecule has 0 aromatic carbocycles. The van der Waals surface area contributed by atoms with Gasteiger partial charge < -0.3 is 9.64 Å². The molecule has 20 heavy (non-hydrogen) atoms. The van der Waals surface area contributed by atoms with Crippen LogP contribution in [-0.2, 0) is 4.74 Å². The number of hydrogen-bond donors (Lipinski definition) is 0. The van der Waals surface area contributed by atoms with Gasteiger partial charge in [0.15, 0.2) is 0 Å². The Labute approximate surface area is 120 Å². The first-order valence-corrected chi connectivity index (χ1v) is 6.48. The summed E-state index contributed by atoms with van der Waals surface area (Å²) < 4.78 is 5.41. The first-order chi connectivity index (χ1) is 9.41. The molecular formula is C12H14ClN3O4. The van der Waals surface area contributed by atoms with E-state index in [1.54, 1.807) is 7.05 Å². The Morgan fingerprint density at radius 1 is 1.65 bits per heavy atom. The molecule has 1 saturated heterocycles. The van der Waals surface area contributed by atoms with Crippen molar-refractivity contribution in [3.8, 4) is 0 Å². The normalized spacial score (nSPS) is 21.8. The van der Waals surface area contributed by atoms with E-state index in [9.17, 15) is 14.9 Å². The predicted molar refractivity (Wildman–Crippen MR) is 71.8 cm³/mol. The quantitative estimate of drug-likeness (QED) is 0.483. The molecule has 0 bridgehead atoms. The van der Waals surface area contributed by atoms with Gasteiger partial charge in [0.05, 0.1) is 17.1 Å². The Hall–Kier alpha value is -1.73. The van der Waals surface area contributed by atoms with Gasteiger partial charge in [-0.2, -0.15) is 0 Å². The Morgan fingerprint density at radius 3 is 2.90 bits per heavy atom. The first-order valence-electron chi connectivity index (χ1n) is 6.10. The minimum absolute atomic E-state index is 0.0445. The smallest absolute Gasteiger partial charge is 0.300 e. The van der Waals surface area contributed by atoms with Gasteiger partial charge in [0, 0.05) is 13.7 Å². The van der Waals surface area contributed by atoms with Gasteiger partial charge in [-0.3, -0.25) is 14.9 Å². The van der Waals surface area contributed by atoms with Crippen molar-refractivity contribution in [3.05, 3.63) is 33.1 Å². The average molecular weight is 300 g/mol. The van der Waals surface area contributed by atoms with E-state index in [0.29, 0.717) is 13.0 Å². The van der Waals surface area contributed by atoms with Crippen molar-refractivity contribution in [2.45, 2.75) is 25.5 Å². The van der Waals surface area contributed by atoms with Gasteiger partial charge in [0.1, 0.15) is 16.9 Å². The maximum absolute atomic E-state index is 12.4. The van der Waals surface area contributed by atoms with Gasteiger partial charge in [-0.15, -0.1) is 0 Å². The number of pyridine rings is 1. The van der Waals surface area contributed by atoms with E-state index in [0.717, 1.165) is 6.20 Å². The number of halogens is 1. The number of nitrogens with zero attached hydrogens (tertiary/aromatic N) is 3. The zero-order valence-electron chi connectivity index (χ0n) is 11.1. The molecule has 8 heteroatoms. The number of hydrogen-bond acceptors (Lipinski definition) is 5. The second-order valence-electron chi connectivity index (χ2n) is 4.63. The summed E-state index contributed by atoms with van der Waals surface area (Å²) in [7, 11) is 1.61. The van der Waals surface area contributed by atoms with Crippen molar-refractivity contribution >= 4 is 23.2 Å². The molecule has 1 fully saturated rings. The van der Waals surface area contributed by atoms with Crippen molar-refractivity contribution in [1.29, 1.82) is 0 Å². The summed E-state index contributed by atoms with van der Waals surface area (Å²) in [6, 6.07) is 1.12. The molecule has 0 radical (unpaired) electrons. The molecular weight excluding hydrogens is 286 g/mol. The van der Waals surface area contributed by atoms with Crippen LogP contribution in [0.2, 0.25) is 5.15 Å². The molecule has 2 heterocycles. The molecule has 1 aromatic rings. The topological polar surface area (TPSA) is 85.6 Å². The van der Waals surface area contributed by atoms with Crippen LogP contribution in [0.25, 0.3) is 0 Å². The summed E-state index contributed by atoms with van der Waals surface area (Å²) in [5, 5.41) is 11.0. The van der Waals surface area contributed by atoms with Crippen molar-refractivity contribution in [2.24, 2.45) is 0 Å². The van der Waals surface area contributed by atoms with Crippen LogP contribution < -0.4 is 0 Å². The molecule has 1 amide bonds. The lowest BCUT2D eigenvalue weighted by molar-refractivity contribution is -0.385. The molecule has 1 aromatic heterocycles. The van der Waals surface area contributed by atoms with E-state index in [4.69, 9.17) is 16.3 Å². The fraction of sp³-hybridized carbons (Fsp3) is 0.500. The van der Waals surface area contributed by atoms with Crippen LogP contribution in [0.3, 0.4) is 0 Å². The Bertz CT molecular complexity index is 552. The number of amides is 1. The highest BCUT2D eigenvalue weighted by molar-refractivity contribution is 6.29. The molecule has 108 valence electrons. The minimum Gasteiger partial charge on any atom is -0.376 e. The lowest BCUT2D eigenvalue weighted by Crippen LogP contribution is -2.41. The lowest BCUT2D eigenvalue weighted by Gasteiger charge is -2.26. The number of nitro groups is 1. The third kappa shape index (κ3) is 2.73. The highest BCUT2D eigenvalue weighted by atomic mass is 35.5. The molecule has 0 saturated carbocycles. The van der Waals surface area contributed by atoms with Gasteiger partial charge in [-0.25, -0.2) is 4.98 Å². The summed E-state index contributed by atoms with van der Waals surface area (Å²) in [6.07, 6.45) is 1.61. The number of ether oxygens (including phenoxy) is 1. The van der Waals surface area contributed by atoms with Crippen LogP contribution in [0.1, 0.15) is 23.7 Å². The molecule has 0 aliphatic carbocycles. The molecule has 7 nitrogen and oxygen atoms in total. The van der Waals surface area contributed by atoms with Crippen LogP contribution in [-0.4, -0.2) is 46.5 Å². The molecule has 1 aliphatic rings. The molecule has 2 rings (SSSR count). The fourth-order valence-electron chi connectivity index (χ4n) is 2.31. The van der Waals surface area contributed by atoms with E-state index in [2.05, 4.69) is 4.98 Å². The summed E-state index contributed by atoms with van der Waals surface area (Å²) in [6.45, 7) is 2.44. The van der Waals surface area contributed by atoms with E-state index in [1.165, 1.54) is 11.0 Å². The van der Waals surface area contributed by atoms with Crippen LogP contribution in [0, 0.1) is 10.1 Å². The van der Waals surface area contributed by atoms with E-state index in [-0.39, 0.29) is 28.5 Å². The SMILES string of the molecule is CC1OCCC1N(C)C(=O)c1cc(Cl)ncc1[N+](=O)[O-]. The minimum atomic E-state index is -0.640. The maximum Gasteiger partial charge on any atom is 0.300 e. The summed E-state index contributed by atoms with van der Waals surface area (Å²) >= 11 is 5.73. The van der Waals surface area contributed by atoms with Crippen molar-refractivity contribution in [1.82, 2.24) is 9.88 Å². The van der Waals surface area contributed by atoms with Gasteiger partial charge in [0.2, 0.25) is 0 Å². The van der Waals surface area contributed by atoms with Crippen LogP contribution in [0.15, 0.2) is 12.3 Å². The van der Waals surface area contributed by atoms with E-state index < -0.39 is 10.8 Å². The summed E-state index contributed by atoms with van der Waals surface area (Å²) in [5.41, 5.74) is -0.408. The van der Waals surface area contributed by atoms with Gasteiger partial charge in [0.25, 0.3) is 11.6 Å². The third-order valence-electron chi connectivity index (χ3n) is 3.43. The molecule has 1 aliphatic heterocycles. The van der Waals surface area contributed by atoms with E-state index in [1.807, 2.05) is 6.92 Å². The van der Waals surface area contributed by atoms with Crippen LogP contribution >= 0.6 is 11.6 Å². The number of carbonyl (C=O) groups is 1. The zero-order chi connectivity index (χ0) is 14.9. The monoisotopic (exact) mass is 299 g/mol. The number of likely N-dealkylation sites (N-methyl/N-ethyl adjacent to an activating group) is 1. The molecule has 2 atom stereocenters. The predicted octanol–water partition coefficient (Wildman–Crippen LogP) is 1.89. The number of rotatable bonds is 3. The lowest BCUT2D eigenvalue weighted by atomic mass is 10.1. The Kier molecular flexibility index (Phi) is 4.20. The Morgan fingerprint density at radius 2 is 2.35 bits per heavy atom. The third-order valence-corrected chi connectivity index (χ3v) is 3.64. The van der Waals surface area contributed by atoms with Gasteiger partial charge in [-0.1, -0.05) is 11.6 Å². The molecule has 2 unspecified atom stereocenters. The van der Waals surface area contributed by atoms with Crippen LogP contribution in [0.4, 0.5) is 5.69 Å². The second-order valence-corrected chi connectivity index (χ2v) is 5.02. The zero-order valence-corrected chi connectivity index (χ0v) is 11.8. The Balaban J connectivity index is 2.33. The second kappa shape index (κ2) is 5.72. The maximum atomic E-state index is 12.4. The van der Waals surface area contributed by atoms with Gasteiger partial charge >= 0.3 is 0 Å². The summed E-state index contributed by atoms with van der Waals surface area (Å²) in [4.78, 5) is 27.9. The van der Waals surface area contributed by atoms with Gasteiger partial charge in [-0.05, 0) is 19.4 Å². The average Bonchev–Trinajstić information content (AvgIpc) is 2.82. The fourth-order valence-corrected chi connectivity index (χ4v) is 2.47. The molecule has 0 spiro atoms. The number of carbonyl (C=O) groups excluding carboxylic acids is 1. The standard InChI is InChI=1S/C12H14ClN3O4/c1-7-9(3-4-20-7)15(2)12(17)8-5-11(13)14-6-10(8)16(18)19/h5-7,9H,3-4H2,1-2H3. The number of aromatic nitrogens is 1. The van der Waals surface area contributed by atoms with Crippen LogP contribution in [0.5, 0.6) is 0 Å². The first kappa shape index (κ1) is 14.7.